The molecule has 1 N–H and O–H groups in total. The Morgan fingerprint density at radius 3 is 2.63 bits per heavy atom. The van der Waals surface area contributed by atoms with Gasteiger partial charge in [-0.15, -0.1) is 16.8 Å². The van der Waals surface area contributed by atoms with Crippen molar-refractivity contribution in [1.29, 1.82) is 0 Å². The molecular weight excluding hydrogens is 358 g/mol. The largest absolute Gasteiger partial charge is 0.325 e. The van der Waals surface area contributed by atoms with Gasteiger partial charge in [0.25, 0.3) is 0 Å². The van der Waals surface area contributed by atoms with Crippen LogP contribution in [0.4, 0.5) is 5.69 Å². The molecule has 0 radical (unpaired) electrons. The number of pyridine rings is 1. The number of carbonyl (C=O) groups excluding carboxylic acids is 1. The van der Waals surface area contributed by atoms with Crippen molar-refractivity contribution in [3.63, 3.8) is 0 Å². The Bertz CT molecular complexity index is 932. The van der Waals surface area contributed by atoms with Crippen molar-refractivity contribution in [1.82, 2.24) is 19.7 Å². The van der Waals surface area contributed by atoms with Gasteiger partial charge in [0.05, 0.1) is 5.75 Å². The molecule has 7 heteroatoms. The molecule has 1 amide bonds. The van der Waals surface area contributed by atoms with Crippen LogP contribution in [-0.2, 0) is 11.3 Å². The molecule has 0 fully saturated rings. The molecule has 2 aromatic heterocycles. The van der Waals surface area contributed by atoms with Crippen LogP contribution < -0.4 is 5.32 Å². The highest BCUT2D eigenvalue weighted by Gasteiger charge is 2.16. The number of aromatic nitrogens is 4. The van der Waals surface area contributed by atoms with Crippen LogP contribution >= 0.6 is 11.8 Å². The maximum absolute atomic E-state index is 12.4. The number of para-hydroxylation sites is 1. The second-order valence-electron chi connectivity index (χ2n) is 6.02. The molecule has 0 bridgehead atoms. The van der Waals surface area contributed by atoms with E-state index < -0.39 is 0 Å². The lowest BCUT2D eigenvalue weighted by Gasteiger charge is -2.11. The van der Waals surface area contributed by atoms with Gasteiger partial charge in [-0.05, 0) is 37.1 Å². The van der Waals surface area contributed by atoms with Crippen LogP contribution in [0.15, 0.2) is 60.4 Å². The molecule has 0 aliphatic rings. The molecule has 0 spiro atoms. The number of allylic oxidation sites excluding steroid dienone is 1. The van der Waals surface area contributed by atoms with Gasteiger partial charge in [-0.2, -0.15) is 0 Å². The molecule has 3 aromatic rings. The number of nitrogens with zero attached hydrogens (tertiary/aromatic N) is 4. The lowest BCUT2D eigenvalue weighted by molar-refractivity contribution is -0.113. The van der Waals surface area contributed by atoms with E-state index in [0.29, 0.717) is 17.5 Å². The molecule has 3 rings (SSSR count). The first-order valence-electron chi connectivity index (χ1n) is 8.54. The Hall–Kier alpha value is -2.93. The number of amides is 1. The summed E-state index contributed by atoms with van der Waals surface area (Å²) in [4.78, 5) is 16.7. The number of nitrogens with one attached hydrogen (secondary N) is 1. The second kappa shape index (κ2) is 8.64. The van der Waals surface area contributed by atoms with E-state index in [9.17, 15) is 4.79 Å². The minimum absolute atomic E-state index is 0.0788. The molecule has 0 saturated heterocycles. The first kappa shape index (κ1) is 18.8. The fourth-order valence-electron chi connectivity index (χ4n) is 2.69. The van der Waals surface area contributed by atoms with E-state index in [-0.39, 0.29) is 11.7 Å². The van der Waals surface area contributed by atoms with Gasteiger partial charge in [0.2, 0.25) is 5.91 Å². The first-order chi connectivity index (χ1) is 13.1. The lowest BCUT2D eigenvalue weighted by Crippen LogP contribution is -2.16. The van der Waals surface area contributed by atoms with Crippen molar-refractivity contribution in [2.45, 2.75) is 25.5 Å². The number of hydrogen-bond donors (Lipinski definition) is 1. The van der Waals surface area contributed by atoms with Gasteiger partial charge in [0, 0.05) is 18.4 Å². The van der Waals surface area contributed by atoms with Crippen LogP contribution in [0.1, 0.15) is 11.1 Å². The third-order valence-electron chi connectivity index (χ3n) is 4.00. The number of carbonyl (C=O) groups is 1. The maximum Gasteiger partial charge on any atom is 0.234 e. The number of thioether (sulfide) groups is 1. The van der Waals surface area contributed by atoms with Gasteiger partial charge >= 0.3 is 0 Å². The summed E-state index contributed by atoms with van der Waals surface area (Å²) in [5.41, 5.74) is 3.68. The summed E-state index contributed by atoms with van der Waals surface area (Å²) >= 11 is 1.34. The number of aryl methyl sites for hydroxylation is 2. The van der Waals surface area contributed by atoms with Crippen LogP contribution in [0.2, 0.25) is 0 Å². The highest BCUT2D eigenvalue weighted by Crippen LogP contribution is 2.24. The molecule has 0 atom stereocenters. The summed E-state index contributed by atoms with van der Waals surface area (Å²) in [6, 6.07) is 11.6. The Balaban J connectivity index is 1.73. The summed E-state index contributed by atoms with van der Waals surface area (Å²) < 4.78 is 1.91. The van der Waals surface area contributed by atoms with Crippen molar-refractivity contribution in [2.75, 3.05) is 11.1 Å². The molecule has 0 aliphatic heterocycles. The van der Waals surface area contributed by atoms with Crippen molar-refractivity contribution in [3.8, 4) is 11.5 Å². The minimum Gasteiger partial charge on any atom is -0.325 e. The standard InChI is InChI=1S/C20H21N5OS/c1-4-12-25-19(16-10-5-6-11-21-16)23-24-20(25)27-13-17(26)22-18-14(2)8-7-9-15(18)3/h4-11H,1,12-13H2,2-3H3,(H,22,26). The summed E-state index contributed by atoms with van der Waals surface area (Å²) in [6.07, 6.45) is 3.49. The van der Waals surface area contributed by atoms with Crippen molar-refractivity contribution in [2.24, 2.45) is 0 Å². The molecule has 1 aromatic carbocycles. The van der Waals surface area contributed by atoms with Crippen LogP contribution in [0, 0.1) is 13.8 Å². The molecule has 138 valence electrons. The average molecular weight is 379 g/mol. The molecule has 2 heterocycles. The van der Waals surface area contributed by atoms with E-state index >= 15 is 0 Å². The Labute approximate surface area is 162 Å². The lowest BCUT2D eigenvalue weighted by atomic mass is 10.1. The van der Waals surface area contributed by atoms with Crippen molar-refractivity contribution < 1.29 is 4.79 Å². The number of anilines is 1. The van der Waals surface area contributed by atoms with Gasteiger partial charge in [-0.3, -0.25) is 14.3 Å². The van der Waals surface area contributed by atoms with Crippen LogP contribution in [-0.4, -0.2) is 31.4 Å². The zero-order valence-corrected chi connectivity index (χ0v) is 16.2. The van der Waals surface area contributed by atoms with Crippen molar-refractivity contribution in [3.05, 3.63) is 66.4 Å². The Morgan fingerprint density at radius 2 is 1.96 bits per heavy atom. The second-order valence-corrected chi connectivity index (χ2v) is 6.97. The third kappa shape index (κ3) is 4.43. The number of rotatable bonds is 7. The summed E-state index contributed by atoms with van der Waals surface area (Å²) in [5.74, 6) is 0.823. The van der Waals surface area contributed by atoms with Crippen molar-refractivity contribution >= 4 is 23.4 Å². The van der Waals surface area contributed by atoms with Crippen LogP contribution in [0.3, 0.4) is 0 Å². The van der Waals surface area contributed by atoms with E-state index in [1.54, 1.807) is 12.3 Å². The quantitative estimate of drug-likeness (QED) is 0.498. The Morgan fingerprint density at radius 1 is 1.19 bits per heavy atom. The highest BCUT2D eigenvalue weighted by molar-refractivity contribution is 7.99. The van der Waals surface area contributed by atoms with Gasteiger partial charge in [-0.25, -0.2) is 0 Å². The zero-order valence-electron chi connectivity index (χ0n) is 15.3. The normalized spacial score (nSPS) is 10.6. The van der Waals surface area contributed by atoms with E-state index in [1.165, 1.54) is 11.8 Å². The summed E-state index contributed by atoms with van der Waals surface area (Å²) in [5, 5.41) is 12.1. The van der Waals surface area contributed by atoms with Crippen LogP contribution in [0.5, 0.6) is 0 Å². The fourth-order valence-corrected chi connectivity index (χ4v) is 3.44. The SMILES string of the molecule is C=CCn1c(SCC(=O)Nc2c(C)cccc2C)nnc1-c1ccccn1. The molecular formula is C20H21N5OS. The van der Waals surface area contributed by atoms with Gasteiger partial charge < -0.3 is 5.32 Å². The number of hydrogen-bond acceptors (Lipinski definition) is 5. The smallest absolute Gasteiger partial charge is 0.234 e. The predicted molar refractivity (Wildman–Crippen MR) is 109 cm³/mol. The third-order valence-corrected chi connectivity index (χ3v) is 4.97. The molecule has 0 saturated carbocycles. The molecule has 0 aliphatic carbocycles. The maximum atomic E-state index is 12.4. The zero-order chi connectivity index (χ0) is 19.2. The minimum atomic E-state index is -0.0788. The summed E-state index contributed by atoms with van der Waals surface area (Å²) in [7, 11) is 0. The van der Waals surface area contributed by atoms with Crippen LogP contribution in [0.25, 0.3) is 11.5 Å². The van der Waals surface area contributed by atoms with E-state index in [4.69, 9.17) is 0 Å². The Kier molecular flexibility index (Phi) is 6.03. The number of benzene rings is 1. The molecule has 0 unspecified atom stereocenters. The van der Waals surface area contributed by atoms with Gasteiger partial charge in [0.1, 0.15) is 5.69 Å². The fraction of sp³-hybridized carbons (Fsp3) is 0.200. The summed E-state index contributed by atoms with van der Waals surface area (Å²) in [6.45, 7) is 8.30. The molecule has 6 nitrogen and oxygen atoms in total. The van der Waals surface area contributed by atoms with E-state index in [2.05, 4.69) is 27.1 Å². The molecule has 27 heavy (non-hydrogen) atoms. The predicted octanol–water partition coefficient (Wildman–Crippen LogP) is 3.87. The van der Waals surface area contributed by atoms with Gasteiger partial charge in [-0.1, -0.05) is 42.1 Å². The topological polar surface area (TPSA) is 72.7 Å². The van der Waals surface area contributed by atoms with E-state index in [0.717, 1.165) is 22.5 Å². The average Bonchev–Trinajstić information content (AvgIpc) is 3.07. The first-order valence-corrected chi connectivity index (χ1v) is 9.53. The monoisotopic (exact) mass is 379 g/mol. The highest BCUT2D eigenvalue weighted by atomic mass is 32.2. The van der Waals surface area contributed by atoms with Gasteiger partial charge in [0.15, 0.2) is 11.0 Å². The van der Waals surface area contributed by atoms with E-state index in [1.807, 2.05) is 54.8 Å².